The zero-order valence-corrected chi connectivity index (χ0v) is 15.4. The van der Waals surface area contributed by atoms with E-state index in [1.54, 1.807) is 0 Å². The van der Waals surface area contributed by atoms with Crippen LogP contribution in [0.15, 0.2) is 24.3 Å². The van der Waals surface area contributed by atoms with Crippen molar-refractivity contribution >= 4 is 6.03 Å². The van der Waals surface area contributed by atoms with Crippen molar-refractivity contribution in [3.8, 4) is 0 Å². The van der Waals surface area contributed by atoms with Crippen molar-refractivity contribution in [3.63, 3.8) is 0 Å². The molecule has 24 heavy (non-hydrogen) atoms. The Hall–Kier alpha value is -1.55. The monoisotopic (exact) mass is 332 g/mol. The van der Waals surface area contributed by atoms with Crippen molar-refractivity contribution in [2.75, 3.05) is 13.7 Å². The summed E-state index contributed by atoms with van der Waals surface area (Å²) in [6.07, 6.45) is 5.77. The number of hydrogen-bond donors (Lipinski definition) is 1. The molecule has 134 valence electrons. The fourth-order valence-electron chi connectivity index (χ4n) is 3.41. The lowest BCUT2D eigenvalue weighted by molar-refractivity contribution is 0.121. The molecule has 2 unspecified atom stereocenters. The maximum Gasteiger partial charge on any atom is 0.317 e. The third-order valence-corrected chi connectivity index (χ3v) is 4.93. The van der Waals surface area contributed by atoms with Gasteiger partial charge < -0.3 is 15.0 Å². The van der Waals surface area contributed by atoms with Crippen LogP contribution in [-0.4, -0.2) is 30.6 Å². The molecule has 4 nitrogen and oxygen atoms in total. The number of carbonyl (C=O) groups is 1. The van der Waals surface area contributed by atoms with E-state index in [0.717, 1.165) is 42.9 Å². The standard InChI is InChI=1S/C20H32N2O2/c1-4-12-24-15-18-10-6-5-9-17(18)14-21-20(23)22(3)19-11-7-8-16(2)13-19/h5-6,9-10,16,19H,4,7-8,11-15H2,1-3H3,(H,21,23). The van der Waals surface area contributed by atoms with E-state index in [-0.39, 0.29) is 6.03 Å². The van der Waals surface area contributed by atoms with Gasteiger partial charge in [0, 0.05) is 26.2 Å². The number of benzene rings is 1. The molecular weight excluding hydrogens is 300 g/mol. The second-order valence-electron chi connectivity index (χ2n) is 7.02. The van der Waals surface area contributed by atoms with Crippen LogP contribution in [0.5, 0.6) is 0 Å². The predicted molar refractivity (Wildman–Crippen MR) is 97.8 cm³/mol. The number of nitrogens with zero attached hydrogens (tertiary/aromatic N) is 1. The number of hydrogen-bond acceptors (Lipinski definition) is 2. The molecule has 1 aliphatic carbocycles. The van der Waals surface area contributed by atoms with E-state index >= 15 is 0 Å². The molecular formula is C20H32N2O2. The molecule has 2 amide bonds. The Morgan fingerprint density at radius 3 is 2.75 bits per heavy atom. The Kier molecular flexibility index (Phi) is 7.57. The van der Waals surface area contributed by atoms with Crippen LogP contribution >= 0.6 is 0 Å². The van der Waals surface area contributed by atoms with Crippen molar-refractivity contribution in [1.82, 2.24) is 10.2 Å². The first-order valence-electron chi connectivity index (χ1n) is 9.27. The Morgan fingerprint density at radius 1 is 1.29 bits per heavy atom. The molecule has 1 aliphatic rings. The predicted octanol–water partition coefficient (Wildman–Crippen LogP) is 4.33. The lowest BCUT2D eigenvalue weighted by Crippen LogP contribution is -2.45. The van der Waals surface area contributed by atoms with Gasteiger partial charge in [0.25, 0.3) is 0 Å². The van der Waals surface area contributed by atoms with E-state index in [1.165, 1.54) is 12.8 Å². The second-order valence-corrected chi connectivity index (χ2v) is 7.02. The van der Waals surface area contributed by atoms with Gasteiger partial charge in [0.1, 0.15) is 0 Å². The van der Waals surface area contributed by atoms with Crippen LogP contribution in [0.3, 0.4) is 0 Å². The van der Waals surface area contributed by atoms with Gasteiger partial charge in [0.15, 0.2) is 0 Å². The lowest BCUT2D eigenvalue weighted by atomic mass is 9.86. The third-order valence-electron chi connectivity index (χ3n) is 4.93. The number of rotatable bonds is 7. The van der Waals surface area contributed by atoms with Crippen LogP contribution in [0, 0.1) is 5.92 Å². The Balaban J connectivity index is 1.86. The van der Waals surface area contributed by atoms with E-state index in [0.29, 0.717) is 19.2 Å². The van der Waals surface area contributed by atoms with Gasteiger partial charge in [-0.15, -0.1) is 0 Å². The maximum absolute atomic E-state index is 12.5. The highest BCUT2D eigenvalue weighted by Crippen LogP contribution is 2.26. The Bertz CT molecular complexity index is 518. The normalized spacial score (nSPS) is 20.6. The maximum atomic E-state index is 12.5. The minimum absolute atomic E-state index is 0.0263. The molecule has 2 rings (SSSR count). The van der Waals surface area contributed by atoms with Gasteiger partial charge >= 0.3 is 6.03 Å². The van der Waals surface area contributed by atoms with Crippen molar-refractivity contribution in [3.05, 3.63) is 35.4 Å². The highest BCUT2D eigenvalue weighted by Gasteiger charge is 2.25. The SMILES string of the molecule is CCCOCc1ccccc1CNC(=O)N(C)C1CCCC(C)C1. The molecule has 4 heteroatoms. The Morgan fingerprint density at radius 2 is 2.04 bits per heavy atom. The van der Waals surface area contributed by atoms with Gasteiger partial charge in [-0.05, 0) is 36.3 Å². The molecule has 1 aromatic rings. The number of carbonyl (C=O) groups excluding carboxylic acids is 1. The molecule has 0 aromatic heterocycles. The fourth-order valence-corrected chi connectivity index (χ4v) is 3.41. The van der Waals surface area contributed by atoms with E-state index in [9.17, 15) is 4.79 Å². The first-order valence-corrected chi connectivity index (χ1v) is 9.27. The van der Waals surface area contributed by atoms with Crippen LogP contribution in [0.2, 0.25) is 0 Å². The molecule has 1 aromatic carbocycles. The molecule has 1 N–H and O–H groups in total. The zero-order chi connectivity index (χ0) is 17.4. The molecule has 1 fully saturated rings. The molecule has 0 spiro atoms. The minimum Gasteiger partial charge on any atom is -0.377 e. The van der Waals surface area contributed by atoms with Crippen LogP contribution in [0.25, 0.3) is 0 Å². The van der Waals surface area contributed by atoms with Crippen LogP contribution < -0.4 is 5.32 Å². The number of urea groups is 1. The second kappa shape index (κ2) is 9.67. The van der Waals surface area contributed by atoms with E-state index in [2.05, 4.69) is 31.3 Å². The number of nitrogens with one attached hydrogen (secondary N) is 1. The summed E-state index contributed by atoms with van der Waals surface area (Å²) < 4.78 is 5.65. The molecule has 0 radical (unpaired) electrons. The van der Waals surface area contributed by atoms with Crippen LogP contribution in [0.1, 0.15) is 57.1 Å². The van der Waals surface area contributed by atoms with Gasteiger partial charge in [-0.1, -0.05) is 51.0 Å². The van der Waals surface area contributed by atoms with Gasteiger partial charge in [-0.25, -0.2) is 4.79 Å². The summed E-state index contributed by atoms with van der Waals surface area (Å²) in [5, 5.41) is 3.07. The van der Waals surface area contributed by atoms with Gasteiger partial charge in [-0.3, -0.25) is 0 Å². The quantitative estimate of drug-likeness (QED) is 0.755. The molecule has 1 saturated carbocycles. The molecule has 0 aliphatic heterocycles. The van der Waals surface area contributed by atoms with E-state index < -0.39 is 0 Å². The molecule has 2 atom stereocenters. The number of ether oxygens (including phenoxy) is 1. The summed E-state index contributed by atoms with van der Waals surface area (Å²) >= 11 is 0. The van der Waals surface area contributed by atoms with Crippen molar-refractivity contribution in [2.24, 2.45) is 5.92 Å². The van der Waals surface area contributed by atoms with Crippen molar-refractivity contribution in [1.29, 1.82) is 0 Å². The van der Waals surface area contributed by atoms with E-state index in [4.69, 9.17) is 4.74 Å². The van der Waals surface area contributed by atoms with E-state index in [1.807, 2.05) is 24.1 Å². The summed E-state index contributed by atoms with van der Waals surface area (Å²) in [7, 11) is 1.92. The van der Waals surface area contributed by atoms with Gasteiger partial charge in [-0.2, -0.15) is 0 Å². The minimum atomic E-state index is 0.0263. The number of amides is 2. The molecule has 0 heterocycles. The van der Waals surface area contributed by atoms with Gasteiger partial charge in [0.2, 0.25) is 0 Å². The smallest absolute Gasteiger partial charge is 0.317 e. The lowest BCUT2D eigenvalue weighted by Gasteiger charge is -2.34. The summed E-state index contributed by atoms with van der Waals surface area (Å²) in [5.74, 6) is 0.718. The van der Waals surface area contributed by atoms with Crippen LogP contribution in [0.4, 0.5) is 4.79 Å². The molecule has 0 bridgehead atoms. The summed E-state index contributed by atoms with van der Waals surface area (Å²) in [4.78, 5) is 14.4. The highest BCUT2D eigenvalue weighted by molar-refractivity contribution is 5.74. The average Bonchev–Trinajstić information content (AvgIpc) is 2.60. The first-order chi connectivity index (χ1) is 11.6. The summed E-state index contributed by atoms with van der Waals surface area (Å²) in [6.45, 7) is 6.31. The highest BCUT2D eigenvalue weighted by atomic mass is 16.5. The van der Waals surface area contributed by atoms with Crippen molar-refractivity contribution in [2.45, 2.75) is 65.1 Å². The summed E-state index contributed by atoms with van der Waals surface area (Å²) in [6, 6.07) is 8.57. The average molecular weight is 332 g/mol. The first kappa shape index (κ1) is 18.8. The Labute approximate surface area is 146 Å². The molecule has 0 saturated heterocycles. The topological polar surface area (TPSA) is 41.6 Å². The van der Waals surface area contributed by atoms with Crippen molar-refractivity contribution < 1.29 is 9.53 Å². The largest absolute Gasteiger partial charge is 0.377 e. The van der Waals surface area contributed by atoms with Gasteiger partial charge in [0.05, 0.1) is 6.61 Å². The van der Waals surface area contributed by atoms with Crippen LogP contribution in [-0.2, 0) is 17.9 Å². The zero-order valence-electron chi connectivity index (χ0n) is 15.4. The fraction of sp³-hybridized carbons (Fsp3) is 0.650. The summed E-state index contributed by atoms with van der Waals surface area (Å²) in [5.41, 5.74) is 2.28. The third kappa shape index (κ3) is 5.52.